The highest BCUT2D eigenvalue weighted by atomic mass is 16.5. The van der Waals surface area contributed by atoms with Crippen molar-refractivity contribution in [2.45, 2.75) is 13.1 Å². The number of hydrogen-bond donors (Lipinski definition) is 3. The van der Waals surface area contributed by atoms with Crippen LogP contribution in [0.3, 0.4) is 0 Å². The summed E-state index contributed by atoms with van der Waals surface area (Å²) < 4.78 is 9.81. The summed E-state index contributed by atoms with van der Waals surface area (Å²) >= 11 is 0. The summed E-state index contributed by atoms with van der Waals surface area (Å²) in [6.45, 7) is 0.994. The molecule has 0 saturated heterocycles. The zero-order chi connectivity index (χ0) is 41.1. The molecule has 0 aliphatic heterocycles. The third-order valence-electron chi connectivity index (χ3n) is 9.26. The number of anilines is 2. The fraction of sp³-hybridized carbons (Fsp3) is 0.0652. The Kier molecular flexibility index (Phi) is 11.7. The van der Waals surface area contributed by atoms with Crippen molar-refractivity contribution in [2.75, 3.05) is 17.7 Å². The van der Waals surface area contributed by atoms with Crippen molar-refractivity contribution < 1.29 is 19.3 Å². The summed E-state index contributed by atoms with van der Waals surface area (Å²) in [7, 11) is 1.28. The van der Waals surface area contributed by atoms with Crippen molar-refractivity contribution >= 4 is 45.6 Å². The summed E-state index contributed by atoms with van der Waals surface area (Å²) in [5.41, 5.74) is 7.77. The van der Waals surface area contributed by atoms with Crippen LogP contribution in [-0.4, -0.2) is 59.6 Å². The van der Waals surface area contributed by atoms with Crippen LogP contribution in [0.4, 0.5) is 11.6 Å². The number of carbonyl (C=O) groups excluding carboxylic acids is 1. The molecule has 60 heavy (non-hydrogen) atoms. The molecule has 9 rings (SSSR count). The SMILES string of the molecule is COC(=O)c1cc(-c2nc(NCc3ccccn3)c3c(-c4ccccc4)cccc3n2)no1.O/N=C/c1nc(NCc2ccccn2)c2c(-c3ccccc3)cccc2n1. The molecule has 4 aromatic carbocycles. The molecule has 0 unspecified atom stereocenters. The Morgan fingerprint density at radius 3 is 1.75 bits per heavy atom. The van der Waals surface area contributed by atoms with Gasteiger partial charge in [-0.15, -0.1) is 0 Å². The van der Waals surface area contributed by atoms with Gasteiger partial charge in [-0.1, -0.05) is 107 Å². The number of methoxy groups -OCH3 is 1. The van der Waals surface area contributed by atoms with Gasteiger partial charge in [0.15, 0.2) is 17.3 Å². The van der Waals surface area contributed by atoms with E-state index in [4.69, 9.17) is 24.4 Å². The van der Waals surface area contributed by atoms with E-state index < -0.39 is 5.97 Å². The van der Waals surface area contributed by atoms with Crippen molar-refractivity contribution in [3.8, 4) is 33.8 Å². The lowest BCUT2D eigenvalue weighted by atomic mass is 10.0. The summed E-state index contributed by atoms with van der Waals surface area (Å²) in [5, 5.41) is 24.5. The van der Waals surface area contributed by atoms with Crippen molar-refractivity contribution in [3.05, 3.63) is 175 Å². The zero-order valence-electron chi connectivity index (χ0n) is 32.2. The quantitative estimate of drug-likeness (QED) is 0.0488. The molecule has 14 heteroatoms. The van der Waals surface area contributed by atoms with Crippen LogP contribution in [0.1, 0.15) is 27.8 Å². The van der Waals surface area contributed by atoms with Crippen LogP contribution in [-0.2, 0) is 17.8 Å². The van der Waals surface area contributed by atoms with Crippen LogP contribution in [0.2, 0.25) is 0 Å². The number of benzene rings is 4. The predicted octanol–water partition coefficient (Wildman–Crippen LogP) is 8.86. The molecule has 3 N–H and O–H groups in total. The van der Waals surface area contributed by atoms with E-state index in [0.717, 1.165) is 55.4 Å². The number of fused-ring (bicyclic) bond motifs is 2. The number of nitrogens with one attached hydrogen (secondary N) is 2. The molecule has 0 saturated carbocycles. The standard InChI is InChI=1S/C25H19N5O3.C21H17N5O/c1-32-25(31)21-14-20(30-33-21)23-28-19-12-7-11-18(16-8-3-2-4-9-16)22(19)24(29-23)27-15-17-10-5-6-13-26-17;27-24-14-19-25-18-11-6-10-17(15-7-2-1-3-8-15)20(18)21(26-19)23-13-16-9-4-5-12-22-16/h2-14H,15H2,1H3,(H,27,28,29);1-12,14,27H,13H2,(H,23,25,26)/b;24-14+. The van der Waals surface area contributed by atoms with E-state index in [9.17, 15) is 4.79 Å². The maximum atomic E-state index is 11.8. The van der Waals surface area contributed by atoms with E-state index in [2.05, 4.69) is 53.0 Å². The molecule has 0 aliphatic rings. The number of carbonyl (C=O) groups is 1. The van der Waals surface area contributed by atoms with Gasteiger partial charge in [0, 0.05) is 18.5 Å². The highest BCUT2D eigenvalue weighted by molar-refractivity contribution is 6.03. The van der Waals surface area contributed by atoms with Crippen LogP contribution in [0.5, 0.6) is 0 Å². The first kappa shape index (κ1) is 38.5. The number of esters is 1. The largest absolute Gasteiger partial charge is 0.463 e. The van der Waals surface area contributed by atoms with Crippen LogP contribution < -0.4 is 10.6 Å². The molecule has 0 spiro atoms. The van der Waals surface area contributed by atoms with Gasteiger partial charge < -0.3 is 25.1 Å². The Labute approximate surface area is 343 Å². The van der Waals surface area contributed by atoms with Gasteiger partial charge in [0.1, 0.15) is 17.9 Å². The lowest BCUT2D eigenvalue weighted by Gasteiger charge is -2.13. The predicted molar refractivity (Wildman–Crippen MR) is 229 cm³/mol. The van der Waals surface area contributed by atoms with Gasteiger partial charge >= 0.3 is 5.97 Å². The van der Waals surface area contributed by atoms with Gasteiger partial charge in [-0.3, -0.25) is 9.97 Å². The normalized spacial score (nSPS) is 10.9. The average Bonchev–Trinajstić information content (AvgIpc) is 3.82. The second-order valence-corrected chi connectivity index (χ2v) is 13.1. The Balaban J connectivity index is 0.000000170. The first-order valence-electron chi connectivity index (χ1n) is 18.8. The van der Waals surface area contributed by atoms with Gasteiger partial charge in [0.05, 0.1) is 53.4 Å². The lowest BCUT2D eigenvalue weighted by molar-refractivity contribution is 0.0554. The maximum Gasteiger partial charge on any atom is 0.376 e. The smallest absolute Gasteiger partial charge is 0.376 e. The number of nitrogens with zero attached hydrogens (tertiary/aromatic N) is 8. The first-order chi connectivity index (χ1) is 29.6. The molecule has 294 valence electrons. The van der Waals surface area contributed by atoms with E-state index in [-0.39, 0.29) is 5.76 Å². The van der Waals surface area contributed by atoms with E-state index >= 15 is 0 Å². The third-order valence-corrected chi connectivity index (χ3v) is 9.26. The molecule has 9 aromatic rings. The molecule has 0 fully saturated rings. The van der Waals surface area contributed by atoms with Crippen molar-refractivity contribution in [1.82, 2.24) is 35.1 Å². The Morgan fingerprint density at radius 1 is 0.667 bits per heavy atom. The highest BCUT2D eigenvalue weighted by Gasteiger charge is 2.20. The fourth-order valence-corrected chi connectivity index (χ4v) is 6.51. The van der Waals surface area contributed by atoms with Gasteiger partial charge in [0.25, 0.3) is 0 Å². The monoisotopic (exact) mass is 792 g/mol. The average molecular weight is 793 g/mol. The summed E-state index contributed by atoms with van der Waals surface area (Å²) in [6.07, 6.45) is 4.73. The van der Waals surface area contributed by atoms with E-state index in [1.54, 1.807) is 12.4 Å². The second kappa shape index (κ2) is 18.3. The van der Waals surface area contributed by atoms with Crippen molar-refractivity contribution in [1.29, 1.82) is 0 Å². The van der Waals surface area contributed by atoms with Crippen LogP contribution in [0.25, 0.3) is 55.6 Å². The minimum Gasteiger partial charge on any atom is -0.463 e. The molecule has 5 heterocycles. The van der Waals surface area contributed by atoms with Crippen LogP contribution in [0.15, 0.2) is 162 Å². The van der Waals surface area contributed by atoms with E-state index in [1.807, 2.05) is 121 Å². The Morgan fingerprint density at radius 2 is 1.22 bits per heavy atom. The molecule has 0 atom stereocenters. The summed E-state index contributed by atoms with van der Waals surface area (Å²) in [4.78, 5) is 39.0. The van der Waals surface area contributed by atoms with Gasteiger partial charge in [-0.05, 0) is 58.7 Å². The number of aromatic nitrogens is 7. The molecular weight excluding hydrogens is 757 g/mol. The minimum atomic E-state index is -0.616. The van der Waals surface area contributed by atoms with E-state index in [0.29, 0.717) is 42.1 Å². The Bertz CT molecular complexity index is 2900. The van der Waals surface area contributed by atoms with Crippen molar-refractivity contribution in [2.24, 2.45) is 5.16 Å². The first-order valence-corrected chi connectivity index (χ1v) is 18.8. The van der Waals surface area contributed by atoms with E-state index in [1.165, 1.54) is 19.4 Å². The molecule has 0 amide bonds. The number of ether oxygens (including phenoxy) is 1. The van der Waals surface area contributed by atoms with Gasteiger partial charge in [0.2, 0.25) is 5.76 Å². The summed E-state index contributed by atoms with van der Waals surface area (Å²) in [6, 6.07) is 45.0. The molecule has 14 nitrogen and oxygen atoms in total. The molecule has 0 radical (unpaired) electrons. The minimum absolute atomic E-state index is 0.0165. The number of oxime groups is 1. The lowest BCUT2D eigenvalue weighted by Crippen LogP contribution is -2.07. The fourth-order valence-electron chi connectivity index (χ4n) is 6.51. The van der Waals surface area contributed by atoms with Crippen molar-refractivity contribution in [3.63, 3.8) is 0 Å². The molecular formula is C46H36N10O4. The maximum absolute atomic E-state index is 11.8. The third kappa shape index (κ3) is 8.77. The number of hydrogen-bond acceptors (Lipinski definition) is 14. The van der Waals surface area contributed by atoms with Crippen LogP contribution >= 0.6 is 0 Å². The summed E-state index contributed by atoms with van der Waals surface area (Å²) in [5.74, 6) is 1.32. The zero-order valence-corrected chi connectivity index (χ0v) is 32.2. The number of pyridine rings is 2. The Hall–Kier alpha value is -8.39. The van der Waals surface area contributed by atoms with Gasteiger partial charge in [-0.2, -0.15) is 0 Å². The molecule has 0 aliphatic carbocycles. The second-order valence-electron chi connectivity index (χ2n) is 13.1. The highest BCUT2D eigenvalue weighted by Crippen LogP contribution is 2.35. The topological polar surface area (TPSA) is 186 Å². The van der Waals surface area contributed by atoms with Crippen LogP contribution in [0, 0.1) is 0 Å². The number of rotatable bonds is 11. The van der Waals surface area contributed by atoms with Gasteiger partial charge in [-0.25, -0.2) is 24.7 Å². The molecule has 0 bridgehead atoms. The molecule has 5 aromatic heterocycles.